The Kier molecular flexibility index (Phi) is 7.18. The van der Waals surface area contributed by atoms with E-state index in [9.17, 15) is 24.5 Å². The quantitative estimate of drug-likeness (QED) is 0.313. The monoisotopic (exact) mass is 370 g/mol. The highest BCUT2D eigenvalue weighted by molar-refractivity contribution is 5.98. The molecule has 2 rings (SSSR count). The zero-order valence-electron chi connectivity index (χ0n) is 14.4. The first-order valence-electron chi connectivity index (χ1n) is 8.19. The fourth-order valence-electron chi connectivity index (χ4n) is 2.22. The highest BCUT2D eigenvalue weighted by Crippen LogP contribution is 2.12. The molecule has 140 valence electrons. The number of rotatable bonds is 9. The van der Waals surface area contributed by atoms with Gasteiger partial charge in [0.2, 0.25) is 5.91 Å². The van der Waals surface area contributed by atoms with Crippen molar-refractivity contribution in [3.8, 4) is 0 Å². The summed E-state index contributed by atoms with van der Waals surface area (Å²) in [7, 11) is 0. The Morgan fingerprint density at radius 1 is 1.00 bits per heavy atom. The minimum absolute atomic E-state index is 0.0614. The van der Waals surface area contributed by atoms with E-state index in [0.29, 0.717) is 0 Å². The van der Waals surface area contributed by atoms with Crippen LogP contribution in [0.1, 0.15) is 22.3 Å². The average molecular weight is 370 g/mol. The molecule has 8 heteroatoms. The molecule has 0 heterocycles. The first kappa shape index (κ1) is 19.8. The smallest absolute Gasteiger partial charge is 0.308 e. The van der Waals surface area contributed by atoms with E-state index in [2.05, 4.69) is 5.32 Å². The number of benzene rings is 2. The number of non-ortho nitro benzene ring substituents is 1. The number of carbonyl (C=O) groups is 3. The van der Waals surface area contributed by atoms with Crippen LogP contribution >= 0.6 is 0 Å². The summed E-state index contributed by atoms with van der Waals surface area (Å²) >= 11 is 0. The lowest BCUT2D eigenvalue weighted by atomic mass is 10.1. The van der Waals surface area contributed by atoms with E-state index in [-0.39, 0.29) is 36.5 Å². The molecule has 0 saturated heterocycles. The van der Waals surface area contributed by atoms with Crippen LogP contribution in [0.2, 0.25) is 0 Å². The lowest BCUT2D eigenvalue weighted by Gasteiger charge is -2.06. The summed E-state index contributed by atoms with van der Waals surface area (Å²) in [6.45, 7) is -0.356. The van der Waals surface area contributed by atoms with Crippen LogP contribution in [0.5, 0.6) is 0 Å². The standard InChI is InChI=1S/C19H18N2O6/c22-17(15-6-8-16(9-7-15)21(25)26)13-27-19(24)10-11-20-18(23)12-14-4-2-1-3-5-14/h1-9H,10-13H2,(H,20,23). The molecule has 0 unspecified atom stereocenters. The highest BCUT2D eigenvalue weighted by atomic mass is 16.6. The number of hydrogen-bond donors (Lipinski definition) is 1. The van der Waals surface area contributed by atoms with Crippen LogP contribution in [-0.4, -0.2) is 35.7 Å². The number of ketones is 1. The van der Waals surface area contributed by atoms with Gasteiger partial charge in [-0.3, -0.25) is 24.5 Å². The maximum Gasteiger partial charge on any atom is 0.308 e. The van der Waals surface area contributed by atoms with E-state index in [4.69, 9.17) is 4.74 Å². The number of hydrogen-bond acceptors (Lipinski definition) is 6. The van der Waals surface area contributed by atoms with Gasteiger partial charge in [0.25, 0.3) is 5.69 Å². The molecule has 2 aromatic rings. The number of amides is 1. The summed E-state index contributed by atoms with van der Waals surface area (Å²) in [4.78, 5) is 45.3. The predicted octanol–water partition coefficient (Wildman–Crippen LogP) is 2.07. The molecule has 0 bridgehead atoms. The van der Waals surface area contributed by atoms with Gasteiger partial charge >= 0.3 is 5.97 Å². The molecule has 0 fully saturated rings. The van der Waals surface area contributed by atoms with Crippen LogP contribution in [0.25, 0.3) is 0 Å². The number of ether oxygens (including phenoxy) is 1. The Bertz CT molecular complexity index is 818. The van der Waals surface area contributed by atoms with Crippen LogP contribution in [0.15, 0.2) is 54.6 Å². The summed E-state index contributed by atoms with van der Waals surface area (Å²) in [6, 6.07) is 14.2. The van der Waals surface area contributed by atoms with Crippen molar-refractivity contribution in [3.63, 3.8) is 0 Å². The number of nitro benzene ring substituents is 1. The van der Waals surface area contributed by atoms with Gasteiger partial charge in [0, 0.05) is 24.2 Å². The van der Waals surface area contributed by atoms with Crippen LogP contribution in [0.3, 0.4) is 0 Å². The SMILES string of the molecule is O=C(Cc1ccccc1)NCCC(=O)OCC(=O)c1ccc([N+](=O)[O-])cc1. The van der Waals surface area contributed by atoms with Crippen LogP contribution < -0.4 is 5.32 Å². The van der Waals surface area contributed by atoms with Gasteiger partial charge in [-0.15, -0.1) is 0 Å². The minimum atomic E-state index is -0.620. The number of nitrogens with zero attached hydrogens (tertiary/aromatic N) is 1. The summed E-state index contributed by atoms with van der Waals surface area (Å²) < 4.78 is 4.86. The molecule has 0 aliphatic rings. The lowest BCUT2D eigenvalue weighted by Crippen LogP contribution is -2.28. The Morgan fingerprint density at radius 3 is 2.30 bits per heavy atom. The van der Waals surface area contributed by atoms with E-state index in [1.165, 1.54) is 24.3 Å². The molecule has 0 spiro atoms. The van der Waals surface area contributed by atoms with Crippen molar-refractivity contribution >= 4 is 23.3 Å². The first-order valence-corrected chi connectivity index (χ1v) is 8.19. The Hall–Kier alpha value is -3.55. The minimum Gasteiger partial charge on any atom is -0.457 e. The van der Waals surface area contributed by atoms with Crippen molar-refractivity contribution in [2.24, 2.45) is 0 Å². The van der Waals surface area contributed by atoms with Crippen molar-refractivity contribution in [1.29, 1.82) is 0 Å². The molecule has 0 aliphatic heterocycles. The molecule has 0 saturated carbocycles. The second-order valence-electron chi connectivity index (χ2n) is 5.65. The third kappa shape index (κ3) is 6.69. The van der Waals surface area contributed by atoms with Gasteiger partial charge in [0.15, 0.2) is 12.4 Å². The topological polar surface area (TPSA) is 116 Å². The van der Waals surface area contributed by atoms with Crippen LogP contribution in [0.4, 0.5) is 5.69 Å². The van der Waals surface area contributed by atoms with Gasteiger partial charge in [-0.25, -0.2) is 0 Å². The number of Topliss-reactive ketones (excluding diaryl/α,β-unsaturated/α-hetero) is 1. The Labute approximate surface area is 155 Å². The first-order chi connectivity index (χ1) is 13.0. The Morgan fingerprint density at radius 2 is 1.67 bits per heavy atom. The molecule has 0 atom stereocenters. The lowest BCUT2D eigenvalue weighted by molar-refractivity contribution is -0.384. The molecule has 27 heavy (non-hydrogen) atoms. The van der Waals surface area contributed by atoms with E-state index in [1.54, 1.807) is 0 Å². The zero-order chi connectivity index (χ0) is 19.6. The van der Waals surface area contributed by atoms with Gasteiger partial charge in [-0.05, 0) is 17.7 Å². The van der Waals surface area contributed by atoms with Gasteiger partial charge in [0.05, 0.1) is 17.8 Å². The van der Waals surface area contributed by atoms with Crippen LogP contribution in [0, 0.1) is 10.1 Å². The van der Waals surface area contributed by atoms with Gasteiger partial charge in [-0.1, -0.05) is 30.3 Å². The van der Waals surface area contributed by atoms with Gasteiger partial charge < -0.3 is 10.1 Å². The number of nitrogens with one attached hydrogen (secondary N) is 1. The number of nitro groups is 1. The normalized spacial score (nSPS) is 10.1. The summed E-state index contributed by atoms with van der Waals surface area (Å²) in [5.74, 6) is -1.30. The van der Waals surface area contributed by atoms with Crippen molar-refractivity contribution in [1.82, 2.24) is 5.32 Å². The highest BCUT2D eigenvalue weighted by Gasteiger charge is 2.12. The number of esters is 1. The third-order valence-electron chi connectivity index (χ3n) is 3.62. The Balaban J connectivity index is 1.67. The van der Waals surface area contributed by atoms with E-state index in [0.717, 1.165) is 5.56 Å². The summed E-state index contributed by atoms with van der Waals surface area (Å²) in [6.07, 6.45) is 0.155. The van der Waals surface area contributed by atoms with Gasteiger partial charge in [0.1, 0.15) is 0 Å². The fourth-order valence-corrected chi connectivity index (χ4v) is 2.22. The average Bonchev–Trinajstić information content (AvgIpc) is 2.67. The zero-order valence-corrected chi connectivity index (χ0v) is 14.4. The molecule has 0 aliphatic carbocycles. The molecule has 0 aromatic heterocycles. The second kappa shape index (κ2) is 9.81. The molecular formula is C19H18N2O6. The molecule has 1 amide bonds. The summed E-state index contributed by atoms with van der Waals surface area (Å²) in [5, 5.41) is 13.2. The van der Waals surface area contributed by atoms with Crippen molar-refractivity contribution in [2.45, 2.75) is 12.8 Å². The third-order valence-corrected chi connectivity index (χ3v) is 3.62. The van der Waals surface area contributed by atoms with E-state index < -0.39 is 23.3 Å². The number of carbonyl (C=O) groups excluding carboxylic acids is 3. The molecule has 8 nitrogen and oxygen atoms in total. The van der Waals surface area contributed by atoms with Crippen molar-refractivity contribution < 1.29 is 24.0 Å². The molecule has 1 N–H and O–H groups in total. The maximum atomic E-state index is 11.9. The molecule has 2 aromatic carbocycles. The van der Waals surface area contributed by atoms with E-state index >= 15 is 0 Å². The maximum absolute atomic E-state index is 11.9. The molecular weight excluding hydrogens is 352 g/mol. The predicted molar refractivity (Wildman–Crippen MR) is 96.2 cm³/mol. The summed E-state index contributed by atoms with van der Waals surface area (Å²) in [5.41, 5.74) is 0.950. The van der Waals surface area contributed by atoms with Crippen LogP contribution in [-0.2, 0) is 20.7 Å². The van der Waals surface area contributed by atoms with Crippen molar-refractivity contribution in [3.05, 3.63) is 75.8 Å². The second-order valence-corrected chi connectivity index (χ2v) is 5.65. The largest absolute Gasteiger partial charge is 0.457 e. The van der Waals surface area contributed by atoms with Gasteiger partial charge in [-0.2, -0.15) is 0 Å². The molecule has 0 radical (unpaired) electrons. The van der Waals surface area contributed by atoms with Crippen molar-refractivity contribution in [2.75, 3.05) is 13.2 Å². The van der Waals surface area contributed by atoms with E-state index in [1.807, 2.05) is 30.3 Å². The fraction of sp³-hybridized carbons (Fsp3) is 0.211.